The third-order valence-corrected chi connectivity index (χ3v) is 4.93. The predicted octanol–water partition coefficient (Wildman–Crippen LogP) is 2.33. The standard InChI is InChI=1S/C23H25N3O5/c1-14(2)16-9-8-15(3)12-19(16)31-13-21(28)25-24-20(27)10-11-26-22(29)17-6-4-5-7-18(17)23(26)30/h4-9,12,14H,10-11,13H2,1-3H3,(H,24,27)(H,25,28). The van der Waals surface area contributed by atoms with Gasteiger partial charge in [-0.2, -0.15) is 0 Å². The smallest absolute Gasteiger partial charge is 0.276 e. The zero-order valence-corrected chi connectivity index (χ0v) is 17.7. The van der Waals surface area contributed by atoms with Crippen molar-refractivity contribution in [2.45, 2.75) is 33.1 Å². The SMILES string of the molecule is Cc1ccc(C(C)C)c(OCC(=O)NNC(=O)CCN2C(=O)c3ccccc3C2=O)c1. The lowest BCUT2D eigenvalue weighted by Crippen LogP contribution is -2.45. The van der Waals surface area contributed by atoms with Crippen LogP contribution >= 0.6 is 0 Å². The second-order valence-electron chi connectivity index (χ2n) is 7.64. The minimum absolute atomic E-state index is 0.0778. The van der Waals surface area contributed by atoms with E-state index < -0.39 is 23.6 Å². The molecule has 0 radical (unpaired) electrons. The average Bonchev–Trinajstić information content (AvgIpc) is 2.99. The van der Waals surface area contributed by atoms with Gasteiger partial charge in [-0.3, -0.25) is 34.9 Å². The van der Waals surface area contributed by atoms with Crippen LogP contribution < -0.4 is 15.6 Å². The van der Waals surface area contributed by atoms with E-state index in [0.29, 0.717) is 16.9 Å². The maximum atomic E-state index is 12.3. The number of rotatable bonds is 7. The van der Waals surface area contributed by atoms with Gasteiger partial charge in [0.2, 0.25) is 5.91 Å². The molecule has 0 fully saturated rings. The van der Waals surface area contributed by atoms with Gasteiger partial charge in [0, 0.05) is 13.0 Å². The molecule has 2 aromatic rings. The van der Waals surface area contributed by atoms with Gasteiger partial charge < -0.3 is 4.74 Å². The minimum atomic E-state index is -0.525. The van der Waals surface area contributed by atoms with Gasteiger partial charge in [0.1, 0.15) is 5.75 Å². The number of aryl methyl sites for hydroxylation is 1. The van der Waals surface area contributed by atoms with Crippen molar-refractivity contribution in [1.29, 1.82) is 0 Å². The molecule has 8 nitrogen and oxygen atoms in total. The van der Waals surface area contributed by atoms with Crippen LogP contribution in [0.25, 0.3) is 0 Å². The van der Waals surface area contributed by atoms with Crippen LogP contribution in [0.15, 0.2) is 42.5 Å². The molecule has 31 heavy (non-hydrogen) atoms. The fourth-order valence-corrected chi connectivity index (χ4v) is 3.28. The zero-order chi connectivity index (χ0) is 22.5. The Hall–Kier alpha value is -3.68. The number of benzene rings is 2. The van der Waals surface area contributed by atoms with E-state index in [0.717, 1.165) is 16.0 Å². The Bertz CT molecular complexity index is 997. The van der Waals surface area contributed by atoms with Crippen LogP contribution in [0.1, 0.15) is 58.0 Å². The molecule has 0 aliphatic carbocycles. The molecule has 0 saturated carbocycles. The van der Waals surface area contributed by atoms with Crippen molar-refractivity contribution >= 4 is 23.6 Å². The normalized spacial score (nSPS) is 12.7. The number of hydrazine groups is 1. The Balaban J connectivity index is 1.44. The van der Waals surface area contributed by atoms with E-state index in [1.807, 2.05) is 39.0 Å². The third-order valence-electron chi connectivity index (χ3n) is 4.93. The number of nitrogens with one attached hydrogen (secondary N) is 2. The lowest BCUT2D eigenvalue weighted by Gasteiger charge is -2.15. The molecule has 2 aromatic carbocycles. The molecule has 1 aliphatic heterocycles. The molecule has 0 unspecified atom stereocenters. The third kappa shape index (κ3) is 5.09. The van der Waals surface area contributed by atoms with Gasteiger partial charge in [-0.05, 0) is 42.2 Å². The number of fused-ring (bicyclic) bond motifs is 1. The molecular formula is C23H25N3O5. The Kier molecular flexibility index (Phi) is 6.69. The van der Waals surface area contributed by atoms with Crippen molar-refractivity contribution in [3.8, 4) is 5.75 Å². The molecule has 3 rings (SSSR count). The highest BCUT2D eigenvalue weighted by atomic mass is 16.5. The quantitative estimate of drug-likeness (QED) is 0.525. The van der Waals surface area contributed by atoms with Crippen molar-refractivity contribution in [2.75, 3.05) is 13.2 Å². The molecule has 0 aromatic heterocycles. The lowest BCUT2D eigenvalue weighted by molar-refractivity contribution is -0.130. The van der Waals surface area contributed by atoms with Crippen LogP contribution in [0, 0.1) is 6.92 Å². The van der Waals surface area contributed by atoms with Crippen LogP contribution in [0.2, 0.25) is 0 Å². The van der Waals surface area contributed by atoms with Gasteiger partial charge in [-0.25, -0.2) is 0 Å². The van der Waals surface area contributed by atoms with Gasteiger partial charge in [0.15, 0.2) is 6.61 Å². The summed E-state index contributed by atoms with van der Waals surface area (Å²) in [5.41, 5.74) is 7.22. The molecule has 0 spiro atoms. The zero-order valence-electron chi connectivity index (χ0n) is 17.7. The predicted molar refractivity (Wildman–Crippen MR) is 113 cm³/mol. The van der Waals surface area contributed by atoms with Crippen LogP contribution in [0.5, 0.6) is 5.75 Å². The van der Waals surface area contributed by atoms with E-state index in [2.05, 4.69) is 10.9 Å². The molecule has 1 heterocycles. The maximum Gasteiger partial charge on any atom is 0.276 e. The van der Waals surface area contributed by atoms with Gasteiger partial charge in [0.05, 0.1) is 11.1 Å². The summed E-state index contributed by atoms with van der Waals surface area (Å²) in [6, 6.07) is 12.3. The number of nitrogens with zero attached hydrogens (tertiary/aromatic N) is 1. The van der Waals surface area contributed by atoms with E-state index in [-0.39, 0.29) is 25.5 Å². The summed E-state index contributed by atoms with van der Waals surface area (Å²) in [5, 5.41) is 0. The number of hydrogen-bond donors (Lipinski definition) is 2. The topological polar surface area (TPSA) is 105 Å². The second-order valence-corrected chi connectivity index (χ2v) is 7.64. The highest BCUT2D eigenvalue weighted by molar-refractivity contribution is 6.21. The fraction of sp³-hybridized carbons (Fsp3) is 0.304. The molecular weight excluding hydrogens is 398 g/mol. The summed E-state index contributed by atoms with van der Waals surface area (Å²) in [7, 11) is 0. The number of amides is 4. The molecule has 8 heteroatoms. The van der Waals surface area contributed by atoms with Crippen LogP contribution in [-0.4, -0.2) is 41.7 Å². The maximum absolute atomic E-state index is 12.3. The molecule has 0 bridgehead atoms. The van der Waals surface area contributed by atoms with Crippen LogP contribution in [0.4, 0.5) is 0 Å². The average molecular weight is 423 g/mol. The van der Waals surface area contributed by atoms with Gasteiger partial charge >= 0.3 is 0 Å². The summed E-state index contributed by atoms with van der Waals surface area (Å²) >= 11 is 0. The highest BCUT2D eigenvalue weighted by Gasteiger charge is 2.34. The monoisotopic (exact) mass is 423 g/mol. The van der Waals surface area contributed by atoms with Crippen molar-refractivity contribution in [2.24, 2.45) is 0 Å². The largest absolute Gasteiger partial charge is 0.483 e. The van der Waals surface area contributed by atoms with E-state index in [1.165, 1.54) is 0 Å². The molecule has 0 saturated heterocycles. The summed E-state index contributed by atoms with van der Waals surface area (Å²) < 4.78 is 5.62. The molecule has 0 atom stereocenters. The van der Waals surface area contributed by atoms with Crippen LogP contribution in [0.3, 0.4) is 0 Å². The van der Waals surface area contributed by atoms with E-state index >= 15 is 0 Å². The summed E-state index contributed by atoms with van der Waals surface area (Å²) in [4.78, 5) is 49.7. The first kappa shape index (κ1) is 22.0. The van der Waals surface area contributed by atoms with E-state index in [4.69, 9.17) is 4.74 Å². The number of imide groups is 1. The Morgan fingerprint density at radius 1 is 0.968 bits per heavy atom. The van der Waals surface area contributed by atoms with Crippen molar-refractivity contribution < 1.29 is 23.9 Å². The molecule has 162 valence electrons. The number of hydrogen-bond acceptors (Lipinski definition) is 5. The minimum Gasteiger partial charge on any atom is -0.483 e. The first-order valence-electron chi connectivity index (χ1n) is 10.0. The first-order valence-corrected chi connectivity index (χ1v) is 10.0. The number of carbonyl (C=O) groups is 4. The Labute approximate surface area is 180 Å². The van der Waals surface area contributed by atoms with Gasteiger partial charge in [-0.15, -0.1) is 0 Å². The first-order chi connectivity index (χ1) is 14.8. The molecule has 1 aliphatic rings. The molecule has 2 N–H and O–H groups in total. The van der Waals surface area contributed by atoms with Crippen molar-refractivity contribution in [3.63, 3.8) is 0 Å². The summed E-state index contributed by atoms with van der Waals surface area (Å²) in [6.07, 6.45) is -0.137. The van der Waals surface area contributed by atoms with Crippen molar-refractivity contribution in [1.82, 2.24) is 15.8 Å². The number of ether oxygens (including phenoxy) is 1. The second kappa shape index (κ2) is 9.42. The van der Waals surface area contributed by atoms with Gasteiger partial charge in [-0.1, -0.05) is 38.1 Å². The highest BCUT2D eigenvalue weighted by Crippen LogP contribution is 2.27. The van der Waals surface area contributed by atoms with E-state index in [9.17, 15) is 19.2 Å². The number of carbonyl (C=O) groups excluding carboxylic acids is 4. The fourth-order valence-electron chi connectivity index (χ4n) is 3.28. The molecule has 4 amide bonds. The Morgan fingerprint density at radius 2 is 1.58 bits per heavy atom. The summed E-state index contributed by atoms with van der Waals surface area (Å²) in [6.45, 7) is 5.66. The van der Waals surface area contributed by atoms with Gasteiger partial charge in [0.25, 0.3) is 17.7 Å². The lowest BCUT2D eigenvalue weighted by atomic mass is 10.0. The summed E-state index contributed by atoms with van der Waals surface area (Å²) in [5.74, 6) is -1.04. The van der Waals surface area contributed by atoms with Crippen molar-refractivity contribution in [3.05, 3.63) is 64.7 Å². The Morgan fingerprint density at radius 3 is 2.19 bits per heavy atom. The van der Waals surface area contributed by atoms with E-state index in [1.54, 1.807) is 24.3 Å². The van der Waals surface area contributed by atoms with Crippen LogP contribution in [-0.2, 0) is 9.59 Å².